The van der Waals surface area contributed by atoms with Gasteiger partial charge in [-0.25, -0.2) is 4.98 Å². The van der Waals surface area contributed by atoms with Crippen LogP contribution in [0.15, 0.2) is 24.5 Å². The minimum absolute atomic E-state index is 0.574. The molecule has 0 fully saturated rings. The van der Waals surface area contributed by atoms with Crippen molar-refractivity contribution in [2.24, 2.45) is 7.05 Å². The third-order valence-electron chi connectivity index (χ3n) is 3.58. The van der Waals surface area contributed by atoms with Gasteiger partial charge in [0.1, 0.15) is 19.0 Å². The van der Waals surface area contributed by atoms with Crippen LogP contribution in [0.2, 0.25) is 0 Å². The van der Waals surface area contributed by atoms with Crippen molar-refractivity contribution in [1.82, 2.24) is 14.5 Å². The van der Waals surface area contributed by atoms with Crippen molar-refractivity contribution < 1.29 is 9.47 Å². The topological polar surface area (TPSA) is 65.5 Å². The number of benzene rings is 1. The van der Waals surface area contributed by atoms with Crippen molar-refractivity contribution in [3.63, 3.8) is 0 Å². The minimum atomic E-state index is 0.574. The first-order valence-corrected chi connectivity index (χ1v) is 6.96. The smallest absolute Gasteiger partial charge is 0.163 e. The van der Waals surface area contributed by atoms with E-state index >= 15 is 0 Å². The van der Waals surface area contributed by atoms with Gasteiger partial charge in [-0.3, -0.25) is 4.90 Å². The standard InChI is InChI=1S/C15H20N4O2/c1-18(10-15-17-3-4-19(15)2)9-11-7-13-14(8-12(11)16)21-6-5-20-13/h3-4,7-8H,5-6,9-10,16H2,1-2H3. The third-order valence-corrected chi connectivity index (χ3v) is 3.58. The summed E-state index contributed by atoms with van der Waals surface area (Å²) in [6.07, 6.45) is 3.75. The summed E-state index contributed by atoms with van der Waals surface area (Å²) >= 11 is 0. The molecule has 2 heterocycles. The molecule has 1 aromatic heterocycles. The van der Waals surface area contributed by atoms with Crippen LogP contribution < -0.4 is 15.2 Å². The van der Waals surface area contributed by atoms with Gasteiger partial charge in [0.2, 0.25) is 0 Å². The average Bonchev–Trinajstić information content (AvgIpc) is 2.85. The van der Waals surface area contributed by atoms with E-state index in [0.29, 0.717) is 13.2 Å². The van der Waals surface area contributed by atoms with Crippen LogP contribution in [0.1, 0.15) is 11.4 Å². The summed E-state index contributed by atoms with van der Waals surface area (Å²) < 4.78 is 13.2. The summed E-state index contributed by atoms with van der Waals surface area (Å²) in [7, 11) is 4.04. The molecule has 2 aromatic rings. The summed E-state index contributed by atoms with van der Waals surface area (Å²) in [5, 5.41) is 0. The van der Waals surface area contributed by atoms with Gasteiger partial charge < -0.3 is 19.8 Å². The molecule has 0 bridgehead atoms. The van der Waals surface area contributed by atoms with Crippen LogP contribution in [0, 0.1) is 0 Å². The molecule has 0 aliphatic carbocycles. The van der Waals surface area contributed by atoms with Crippen molar-refractivity contribution in [3.05, 3.63) is 35.9 Å². The zero-order chi connectivity index (χ0) is 14.8. The Labute approximate surface area is 124 Å². The number of nitrogens with zero attached hydrogens (tertiary/aromatic N) is 3. The highest BCUT2D eigenvalue weighted by molar-refractivity contribution is 5.58. The van der Waals surface area contributed by atoms with Crippen molar-refractivity contribution in [2.45, 2.75) is 13.1 Å². The molecule has 0 saturated heterocycles. The predicted molar refractivity (Wildman–Crippen MR) is 80.2 cm³/mol. The third kappa shape index (κ3) is 2.95. The van der Waals surface area contributed by atoms with E-state index in [9.17, 15) is 0 Å². The maximum Gasteiger partial charge on any atom is 0.163 e. The Morgan fingerprint density at radius 1 is 1.24 bits per heavy atom. The molecule has 2 N–H and O–H groups in total. The molecule has 6 nitrogen and oxygen atoms in total. The highest BCUT2D eigenvalue weighted by atomic mass is 16.6. The van der Waals surface area contributed by atoms with Gasteiger partial charge in [0.15, 0.2) is 11.5 Å². The van der Waals surface area contributed by atoms with Gasteiger partial charge in [-0.05, 0) is 18.7 Å². The van der Waals surface area contributed by atoms with E-state index in [4.69, 9.17) is 15.2 Å². The Bertz CT molecular complexity index is 639. The SMILES string of the molecule is CN(Cc1cc2c(cc1N)OCCO2)Cc1nccn1C. The molecule has 0 saturated carbocycles. The van der Waals surface area contributed by atoms with Crippen LogP contribution >= 0.6 is 0 Å². The lowest BCUT2D eigenvalue weighted by Gasteiger charge is -2.22. The van der Waals surface area contributed by atoms with Gasteiger partial charge >= 0.3 is 0 Å². The second-order valence-corrected chi connectivity index (χ2v) is 5.32. The van der Waals surface area contributed by atoms with Crippen molar-refractivity contribution in [1.29, 1.82) is 0 Å². The molecular formula is C15H20N4O2. The lowest BCUT2D eigenvalue weighted by Crippen LogP contribution is -2.21. The van der Waals surface area contributed by atoms with E-state index in [1.54, 1.807) is 0 Å². The average molecular weight is 288 g/mol. The molecule has 1 aromatic carbocycles. The van der Waals surface area contributed by atoms with Crippen LogP contribution in [0.5, 0.6) is 11.5 Å². The summed E-state index contributed by atoms with van der Waals surface area (Å²) in [6, 6.07) is 3.82. The Morgan fingerprint density at radius 2 is 1.95 bits per heavy atom. The van der Waals surface area contributed by atoms with Gasteiger partial charge in [-0.15, -0.1) is 0 Å². The number of fused-ring (bicyclic) bond motifs is 1. The quantitative estimate of drug-likeness (QED) is 0.862. The largest absolute Gasteiger partial charge is 0.486 e. The van der Waals surface area contributed by atoms with Gasteiger partial charge in [-0.2, -0.15) is 0 Å². The molecule has 1 aliphatic rings. The molecule has 0 radical (unpaired) electrons. The van der Waals surface area contributed by atoms with Gasteiger partial charge in [0.25, 0.3) is 0 Å². The molecular weight excluding hydrogens is 268 g/mol. The van der Waals surface area contributed by atoms with Gasteiger partial charge in [0, 0.05) is 37.7 Å². The number of hydrogen-bond acceptors (Lipinski definition) is 5. The monoisotopic (exact) mass is 288 g/mol. The lowest BCUT2D eigenvalue weighted by atomic mass is 10.1. The number of anilines is 1. The fourth-order valence-electron chi connectivity index (χ4n) is 2.42. The number of nitrogens with two attached hydrogens (primary N) is 1. The zero-order valence-corrected chi connectivity index (χ0v) is 12.4. The maximum absolute atomic E-state index is 6.11. The molecule has 0 spiro atoms. The number of ether oxygens (including phenoxy) is 2. The fraction of sp³-hybridized carbons (Fsp3) is 0.400. The summed E-state index contributed by atoms with van der Waals surface area (Å²) in [5.74, 6) is 2.53. The normalized spacial score (nSPS) is 13.7. The zero-order valence-electron chi connectivity index (χ0n) is 12.4. The number of nitrogen functional groups attached to an aromatic ring is 1. The molecule has 6 heteroatoms. The summed E-state index contributed by atoms with van der Waals surface area (Å²) in [5.41, 5.74) is 7.88. The first-order valence-electron chi connectivity index (χ1n) is 6.96. The molecule has 1 aliphatic heterocycles. The minimum Gasteiger partial charge on any atom is -0.486 e. The molecule has 3 rings (SSSR count). The van der Waals surface area contributed by atoms with E-state index < -0.39 is 0 Å². The highest BCUT2D eigenvalue weighted by Crippen LogP contribution is 2.34. The predicted octanol–water partition coefficient (Wildman–Crippen LogP) is 1.41. The van der Waals surface area contributed by atoms with E-state index in [0.717, 1.165) is 41.7 Å². The Kier molecular flexibility index (Phi) is 3.70. The molecule has 0 atom stereocenters. The molecule has 0 unspecified atom stereocenters. The second kappa shape index (κ2) is 5.65. The van der Waals surface area contributed by atoms with Crippen LogP contribution in [0.25, 0.3) is 0 Å². The van der Waals surface area contributed by atoms with E-state index in [-0.39, 0.29) is 0 Å². The van der Waals surface area contributed by atoms with Crippen LogP contribution in [0.4, 0.5) is 5.69 Å². The molecule has 112 valence electrons. The maximum atomic E-state index is 6.11. The van der Waals surface area contributed by atoms with Crippen LogP contribution in [-0.2, 0) is 20.1 Å². The van der Waals surface area contributed by atoms with Gasteiger partial charge in [-0.1, -0.05) is 0 Å². The van der Waals surface area contributed by atoms with E-state index in [2.05, 4.69) is 9.88 Å². The van der Waals surface area contributed by atoms with Crippen molar-refractivity contribution in [3.8, 4) is 11.5 Å². The van der Waals surface area contributed by atoms with Crippen LogP contribution in [-0.4, -0.2) is 34.7 Å². The van der Waals surface area contributed by atoms with E-state index in [1.807, 2.05) is 43.2 Å². The number of aryl methyl sites for hydroxylation is 1. The van der Waals surface area contributed by atoms with Crippen molar-refractivity contribution >= 4 is 5.69 Å². The Morgan fingerprint density at radius 3 is 2.62 bits per heavy atom. The number of rotatable bonds is 4. The summed E-state index contributed by atoms with van der Waals surface area (Å²) in [6.45, 7) is 2.65. The number of aromatic nitrogens is 2. The first kappa shape index (κ1) is 13.8. The number of imidazole rings is 1. The Balaban J connectivity index is 1.73. The fourth-order valence-corrected chi connectivity index (χ4v) is 2.42. The number of hydrogen-bond donors (Lipinski definition) is 1. The van der Waals surface area contributed by atoms with E-state index in [1.165, 1.54) is 0 Å². The second-order valence-electron chi connectivity index (χ2n) is 5.32. The first-order chi connectivity index (χ1) is 10.1. The molecule has 0 amide bonds. The van der Waals surface area contributed by atoms with Crippen LogP contribution in [0.3, 0.4) is 0 Å². The molecule has 21 heavy (non-hydrogen) atoms. The lowest BCUT2D eigenvalue weighted by molar-refractivity contribution is 0.171. The Hall–Kier alpha value is -2.21. The van der Waals surface area contributed by atoms with Crippen molar-refractivity contribution in [2.75, 3.05) is 26.0 Å². The highest BCUT2D eigenvalue weighted by Gasteiger charge is 2.16. The summed E-state index contributed by atoms with van der Waals surface area (Å²) in [4.78, 5) is 6.51. The van der Waals surface area contributed by atoms with Gasteiger partial charge in [0.05, 0.1) is 6.54 Å².